The lowest BCUT2D eigenvalue weighted by atomic mass is 10.2. The van der Waals surface area contributed by atoms with Crippen molar-refractivity contribution in [3.05, 3.63) is 11.5 Å². The lowest BCUT2D eigenvalue weighted by molar-refractivity contribution is -0.135. The van der Waals surface area contributed by atoms with Crippen molar-refractivity contribution >= 4 is 23.5 Å². The zero-order valence-electron chi connectivity index (χ0n) is 5.24. The highest BCUT2D eigenvalue weighted by atomic mass is 32.2. The third-order valence-electron chi connectivity index (χ3n) is 1.22. The molecule has 0 saturated heterocycles. The summed E-state index contributed by atoms with van der Waals surface area (Å²) < 4.78 is 0. The van der Waals surface area contributed by atoms with E-state index in [1.807, 2.05) is 11.5 Å². The molecule has 0 aliphatic carbocycles. The Kier molecular flexibility index (Phi) is 2.11. The molecule has 0 bridgehead atoms. The number of carbonyl (C=O) groups is 2. The summed E-state index contributed by atoms with van der Waals surface area (Å²) in [6.45, 7) is 0. The van der Waals surface area contributed by atoms with Gasteiger partial charge >= 0.3 is 0 Å². The van der Waals surface area contributed by atoms with E-state index in [1.54, 1.807) is 0 Å². The highest BCUT2D eigenvalue weighted by Crippen LogP contribution is 2.24. The molecular weight excluding hydrogens is 150 g/mol. The third kappa shape index (κ3) is 1.39. The molecule has 0 aromatic carbocycles. The summed E-state index contributed by atoms with van der Waals surface area (Å²) in [6.07, 6.45) is 2.49. The van der Waals surface area contributed by atoms with Gasteiger partial charge in [-0.1, -0.05) is 6.08 Å². The van der Waals surface area contributed by atoms with Crippen molar-refractivity contribution in [1.82, 2.24) is 0 Å². The SMILES string of the molecule is NC(=O)C(=O)C1CC=CS1. The average molecular weight is 157 g/mol. The fraction of sp³-hybridized carbons (Fsp3) is 0.333. The first-order valence-corrected chi connectivity index (χ1v) is 3.80. The van der Waals surface area contributed by atoms with E-state index < -0.39 is 11.7 Å². The van der Waals surface area contributed by atoms with Gasteiger partial charge in [0.15, 0.2) is 0 Å². The lowest BCUT2D eigenvalue weighted by Crippen LogP contribution is -2.30. The molecule has 0 radical (unpaired) electrons. The van der Waals surface area contributed by atoms with Crippen LogP contribution in [0.4, 0.5) is 0 Å². The molecule has 0 aromatic rings. The van der Waals surface area contributed by atoms with E-state index in [2.05, 4.69) is 0 Å². The van der Waals surface area contributed by atoms with Crippen molar-refractivity contribution in [3.63, 3.8) is 0 Å². The lowest BCUT2D eigenvalue weighted by Gasteiger charge is -2.01. The fourth-order valence-corrected chi connectivity index (χ4v) is 1.59. The molecule has 2 N–H and O–H groups in total. The molecule has 0 fully saturated rings. The first-order chi connectivity index (χ1) is 4.72. The maximum atomic E-state index is 10.8. The molecule has 0 saturated carbocycles. The van der Waals surface area contributed by atoms with Crippen LogP contribution in [0.2, 0.25) is 0 Å². The van der Waals surface area contributed by atoms with Crippen LogP contribution in [-0.2, 0) is 9.59 Å². The largest absolute Gasteiger partial charge is 0.363 e. The maximum absolute atomic E-state index is 10.8. The summed E-state index contributed by atoms with van der Waals surface area (Å²) in [5.41, 5.74) is 4.79. The van der Waals surface area contributed by atoms with Crippen LogP contribution in [0, 0.1) is 0 Å². The van der Waals surface area contributed by atoms with E-state index in [-0.39, 0.29) is 5.25 Å². The molecule has 1 unspecified atom stereocenters. The predicted octanol–water partition coefficient (Wildman–Crippen LogP) is 0.0600. The van der Waals surface area contributed by atoms with Gasteiger partial charge in [0, 0.05) is 0 Å². The van der Waals surface area contributed by atoms with Crippen LogP contribution in [0.1, 0.15) is 6.42 Å². The third-order valence-corrected chi connectivity index (χ3v) is 2.31. The Morgan fingerprint density at radius 1 is 1.60 bits per heavy atom. The summed E-state index contributed by atoms with van der Waals surface area (Å²) in [4.78, 5) is 21.1. The number of hydrogen-bond acceptors (Lipinski definition) is 3. The van der Waals surface area contributed by atoms with Crippen LogP contribution < -0.4 is 5.73 Å². The highest BCUT2D eigenvalue weighted by molar-refractivity contribution is 8.03. The van der Waals surface area contributed by atoms with E-state index in [9.17, 15) is 9.59 Å². The first kappa shape index (κ1) is 7.34. The summed E-state index contributed by atoms with van der Waals surface area (Å²) in [6, 6.07) is 0. The van der Waals surface area contributed by atoms with Crippen LogP contribution in [0.5, 0.6) is 0 Å². The summed E-state index contributed by atoms with van der Waals surface area (Å²) >= 11 is 1.35. The number of thioether (sulfide) groups is 1. The van der Waals surface area contributed by atoms with Crippen molar-refractivity contribution < 1.29 is 9.59 Å². The van der Waals surface area contributed by atoms with Gasteiger partial charge in [0.25, 0.3) is 5.91 Å². The zero-order chi connectivity index (χ0) is 7.56. The van der Waals surface area contributed by atoms with E-state index in [0.29, 0.717) is 6.42 Å². The summed E-state index contributed by atoms with van der Waals surface area (Å²) in [5, 5.41) is 1.56. The normalized spacial score (nSPS) is 23.0. The fourth-order valence-electron chi connectivity index (χ4n) is 0.713. The van der Waals surface area contributed by atoms with Gasteiger partial charge in [-0.2, -0.15) is 0 Å². The van der Waals surface area contributed by atoms with Gasteiger partial charge in [0.2, 0.25) is 5.78 Å². The van der Waals surface area contributed by atoms with Gasteiger partial charge in [-0.3, -0.25) is 9.59 Å². The van der Waals surface area contributed by atoms with Gasteiger partial charge in [-0.15, -0.1) is 11.8 Å². The Morgan fingerprint density at radius 3 is 2.70 bits per heavy atom. The predicted molar refractivity (Wildman–Crippen MR) is 39.3 cm³/mol. The maximum Gasteiger partial charge on any atom is 0.286 e. The number of primary amides is 1. The monoisotopic (exact) mass is 157 g/mol. The van der Waals surface area contributed by atoms with Gasteiger partial charge in [-0.05, 0) is 11.8 Å². The number of allylic oxidation sites excluding steroid dienone is 1. The molecule has 54 valence electrons. The Bertz CT molecular complexity index is 192. The van der Waals surface area contributed by atoms with E-state index in [4.69, 9.17) is 5.73 Å². The Morgan fingerprint density at radius 2 is 2.30 bits per heavy atom. The molecule has 1 atom stereocenters. The second-order valence-electron chi connectivity index (χ2n) is 1.96. The summed E-state index contributed by atoms with van der Waals surface area (Å²) in [7, 11) is 0. The molecule has 3 nitrogen and oxygen atoms in total. The minimum atomic E-state index is -0.832. The average Bonchev–Trinajstić information content (AvgIpc) is 2.36. The van der Waals surface area contributed by atoms with E-state index >= 15 is 0 Å². The van der Waals surface area contributed by atoms with Crippen molar-refractivity contribution in [2.45, 2.75) is 11.7 Å². The van der Waals surface area contributed by atoms with Crippen molar-refractivity contribution in [3.8, 4) is 0 Å². The second-order valence-corrected chi connectivity index (χ2v) is 3.07. The van der Waals surface area contributed by atoms with Gasteiger partial charge in [-0.25, -0.2) is 0 Å². The first-order valence-electron chi connectivity index (χ1n) is 2.86. The zero-order valence-corrected chi connectivity index (χ0v) is 6.06. The number of hydrogen-bond donors (Lipinski definition) is 1. The molecule has 1 rings (SSSR count). The number of amides is 1. The smallest absolute Gasteiger partial charge is 0.286 e. The number of ketones is 1. The standard InChI is InChI=1S/C6H7NO2S/c7-6(9)5(8)4-2-1-3-10-4/h1,3-4H,2H2,(H2,7,9). The van der Waals surface area contributed by atoms with Crippen molar-refractivity contribution in [2.75, 3.05) is 0 Å². The molecular formula is C6H7NO2S. The molecule has 1 heterocycles. The Balaban J connectivity index is 2.50. The topological polar surface area (TPSA) is 60.2 Å². The van der Waals surface area contributed by atoms with Crippen LogP contribution in [-0.4, -0.2) is 16.9 Å². The highest BCUT2D eigenvalue weighted by Gasteiger charge is 2.23. The molecule has 0 aromatic heterocycles. The Labute approximate surface area is 62.7 Å². The van der Waals surface area contributed by atoms with E-state index in [1.165, 1.54) is 11.8 Å². The minimum absolute atomic E-state index is 0.252. The van der Waals surface area contributed by atoms with Gasteiger partial charge < -0.3 is 5.73 Å². The molecule has 1 aliphatic rings. The van der Waals surface area contributed by atoms with E-state index in [0.717, 1.165) is 0 Å². The van der Waals surface area contributed by atoms with Gasteiger partial charge in [0.05, 0.1) is 5.25 Å². The van der Waals surface area contributed by atoms with Crippen LogP contribution >= 0.6 is 11.8 Å². The second kappa shape index (κ2) is 2.88. The number of nitrogens with two attached hydrogens (primary N) is 1. The van der Waals surface area contributed by atoms with Crippen LogP contribution in [0.3, 0.4) is 0 Å². The molecule has 1 amide bonds. The van der Waals surface area contributed by atoms with Crippen LogP contribution in [0.15, 0.2) is 11.5 Å². The number of carbonyl (C=O) groups excluding carboxylic acids is 2. The van der Waals surface area contributed by atoms with Crippen molar-refractivity contribution in [2.24, 2.45) is 5.73 Å². The molecule has 4 heteroatoms. The molecule has 10 heavy (non-hydrogen) atoms. The molecule has 1 aliphatic heterocycles. The minimum Gasteiger partial charge on any atom is -0.363 e. The summed E-state index contributed by atoms with van der Waals surface area (Å²) in [5.74, 6) is -1.31. The quantitative estimate of drug-likeness (QED) is 0.576. The molecule has 0 spiro atoms. The number of Topliss-reactive ketones (excluding diaryl/α,β-unsaturated/α-hetero) is 1. The number of rotatable bonds is 2. The van der Waals surface area contributed by atoms with Crippen molar-refractivity contribution in [1.29, 1.82) is 0 Å². The Hall–Kier alpha value is -0.770. The van der Waals surface area contributed by atoms with Crippen LogP contribution in [0.25, 0.3) is 0 Å². The van der Waals surface area contributed by atoms with Gasteiger partial charge in [0.1, 0.15) is 0 Å².